The Morgan fingerprint density at radius 1 is 1.26 bits per heavy atom. The third-order valence-corrected chi connectivity index (χ3v) is 5.50. The van der Waals surface area contributed by atoms with E-state index in [0.717, 1.165) is 18.1 Å². The number of halogens is 2. The molecule has 3 aromatic rings. The molecule has 0 bridgehead atoms. The lowest BCUT2D eigenvalue weighted by atomic mass is 10.2. The van der Waals surface area contributed by atoms with Crippen molar-refractivity contribution in [3.8, 4) is 5.75 Å². The topological polar surface area (TPSA) is 76.4 Å². The summed E-state index contributed by atoms with van der Waals surface area (Å²) in [5.74, 6) is 2.49. The highest BCUT2D eigenvalue weighted by Gasteiger charge is 2.11. The van der Waals surface area contributed by atoms with E-state index in [9.17, 15) is 4.39 Å². The molecule has 0 aliphatic carbocycles. The summed E-state index contributed by atoms with van der Waals surface area (Å²) in [5.41, 5.74) is 0. The molecule has 2 aromatic heterocycles. The maximum atomic E-state index is 13.4. The van der Waals surface area contributed by atoms with Crippen molar-refractivity contribution < 1.29 is 9.13 Å². The van der Waals surface area contributed by atoms with E-state index in [-0.39, 0.29) is 35.9 Å². The number of aliphatic imine (C=N–C) groups is 1. The first-order valence-corrected chi connectivity index (χ1v) is 10.7. The zero-order chi connectivity index (χ0) is 21.3. The van der Waals surface area contributed by atoms with Gasteiger partial charge in [-0.05, 0) is 36.9 Å². The Morgan fingerprint density at radius 2 is 2.10 bits per heavy atom. The predicted octanol–water partition coefficient (Wildman–Crippen LogP) is 4.04. The zero-order valence-corrected chi connectivity index (χ0v) is 21.0. The second-order valence-corrected chi connectivity index (χ2v) is 7.84. The molecule has 0 aliphatic heterocycles. The van der Waals surface area contributed by atoms with Crippen LogP contribution in [0.15, 0.2) is 46.8 Å². The van der Waals surface area contributed by atoms with Crippen molar-refractivity contribution in [3.05, 3.63) is 64.1 Å². The molecule has 168 valence electrons. The molecule has 0 saturated heterocycles. The summed E-state index contributed by atoms with van der Waals surface area (Å²) >= 11 is 1.69. The van der Waals surface area contributed by atoms with Crippen LogP contribution in [0.1, 0.15) is 29.9 Å². The van der Waals surface area contributed by atoms with Crippen LogP contribution < -0.4 is 15.4 Å². The molecule has 3 rings (SSSR count). The third kappa shape index (κ3) is 7.76. The van der Waals surface area contributed by atoms with Crippen LogP contribution in [0.4, 0.5) is 4.39 Å². The van der Waals surface area contributed by atoms with Gasteiger partial charge in [0.25, 0.3) is 0 Å². The maximum absolute atomic E-state index is 13.4. The first kappa shape index (κ1) is 25.1. The smallest absolute Gasteiger partial charge is 0.192 e. The van der Waals surface area contributed by atoms with E-state index in [2.05, 4.69) is 31.9 Å². The number of rotatable bonds is 9. The Balaban J connectivity index is 0.00000341. The van der Waals surface area contributed by atoms with Gasteiger partial charge in [-0.3, -0.25) is 0 Å². The van der Waals surface area contributed by atoms with Crippen LogP contribution in [-0.4, -0.2) is 33.4 Å². The molecule has 1 atom stereocenters. The minimum Gasteiger partial charge on any atom is -0.489 e. The normalized spacial score (nSPS) is 12.2. The third-order valence-electron chi connectivity index (χ3n) is 4.62. The molecule has 0 aliphatic rings. The second-order valence-electron chi connectivity index (χ2n) is 6.81. The van der Waals surface area contributed by atoms with E-state index >= 15 is 0 Å². The van der Waals surface area contributed by atoms with Crippen LogP contribution in [0.5, 0.6) is 5.75 Å². The average molecular weight is 558 g/mol. The summed E-state index contributed by atoms with van der Waals surface area (Å²) < 4.78 is 21.3. The molecule has 0 fully saturated rings. The summed E-state index contributed by atoms with van der Waals surface area (Å²) in [4.78, 5) is 5.87. The first-order chi connectivity index (χ1) is 14.5. The van der Waals surface area contributed by atoms with Crippen LogP contribution in [0, 0.1) is 12.7 Å². The van der Waals surface area contributed by atoms with Gasteiger partial charge in [0.2, 0.25) is 0 Å². The number of benzene rings is 1. The van der Waals surface area contributed by atoms with E-state index in [4.69, 9.17) is 4.74 Å². The number of guanidine groups is 1. The van der Waals surface area contributed by atoms with Crippen LogP contribution in [0.3, 0.4) is 0 Å². The lowest BCUT2D eigenvalue weighted by molar-refractivity contribution is 0.198. The minimum atomic E-state index is -0.311. The predicted molar refractivity (Wildman–Crippen MR) is 133 cm³/mol. The van der Waals surface area contributed by atoms with E-state index in [1.54, 1.807) is 23.5 Å². The summed E-state index contributed by atoms with van der Waals surface area (Å²) in [6.07, 6.45) is 0.641. The standard InChI is InChI=1S/C21H27FN6OS.HI/c1-4-17(29-18-8-5-7-16(22)11-18)12-23-21(24-13-19-9-6-10-30-19)25-14-20-27-26-15(2)28(20)3;/h5-11,17H,4,12-14H2,1-3H3,(H2,23,24,25);1H. The van der Waals surface area contributed by atoms with Crippen molar-refractivity contribution in [1.82, 2.24) is 25.4 Å². The highest BCUT2D eigenvalue weighted by atomic mass is 127. The quantitative estimate of drug-likeness (QED) is 0.236. The number of aromatic nitrogens is 3. The zero-order valence-electron chi connectivity index (χ0n) is 17.8. The highest BCUT2D eigenvalue weighted by molar-refractivity contribution is 14.0. The van der Waals surface area contributed by atoms with E-state index < -0.39 is 0 Å². The molecule has 31 heavy (non-hydrogen) atoms. The van der Waals surface area contributed by atoms with Crippen molar-refractivity contribution >= 4 is 41.3 Å². The van der Waals surface area contributed by atoms with Crippen molar-refractivity contribution in [2.24, 2.45) is 12.0 Å². The van der Waals surface area contributed by atoms with E-state index in [1.807, 2.05) is 36.9 Å². The number of hydrogen-bond acceptors (Lipinski definition) is 5. The van der Waals surface area contributed by atoms with Gasteiger partial charge in [-0.1, -0.05) is 19.1 Å². The Hall–Kier alpha value is -2.21. The fourth-order valence-electron chi connectivity index (χ4n) is 2.71. The summed E-state index contributed by atoms with van der Waals surface area (Å²) in [6.45, 7) is 5.54. The first-order valence-electron chi connectivity index (χ1n) is 9.86. The Morgan fingerprint density at radius 3 is 2.74 bits per heavy atom. The van der Waals surface area contributed by atoms with Crippen LogP contribution >= 0.6 is 35.3 Å². The summed E-state index contributed by atoms with van der Waals surface area (Å²) in [7, 11) is 1.92. The summed E-state index contributed by atoms with van der Waals surface area (Å²) in [6, 6.07) is 10.3. The molecule has 2 heterocycles. The average Bonchev–Trinajstić information content (AvgIpc) is 3.37. The number of nitrogens with zero attached hydrogens (tertiary/aromatic N) is 4. The van der Waals surface area contributed by atoms with Gasteiger partial charge < -0.3 is 19.9 Å². The summed E-state index contributed by atoms with van der Waals surface area (Å²) in [5, 5.41) is 17.0. The molecule has 1 aromatic carbocycles. The molecule has 2 N–H and O–H groups in total. The van der Waals surface area contributed by atoms with Crippen LogP contribution in [0.25, 0.3) is 0 Å². The minimum absolute atomic E-state index is 0. The molecule has 0 spiro atoms. The number of ether oxygens (including phenoxy) is 1. The van der Waals surface area contributed by atoms with E-state index in [1.165, 1.54) is 17.0 Å². The van der Waals surface area contributed by atoms with Gasteiger partial charge in [0.15, 0.2) is 11.8 Å². The molecule has 0 amide bonds. The second kappa shape index (κ2) is 12.6. The van der Waals surface area contributed by atoms with Gasteiger partial charge >= 0.3 is 0 Å². The van der Waals surface area contributed by atoms with Crippen LogP contribution in [0.2, 0.25) is 0 Å². The molecular weight excluding hydrogens is 530 g/mol. The molecule has 0 radical (unpaired) electrons. The van der Waals surface area contributed by atoms with Gasteiger partial charge in [0.05, 0.1) is 13.1 Å². The van der Waals surface area contributed by atoms with Gasteiger partial charge in [0.1, 0.15) is 30.0 Å². The lowest BCUT2D eigenvalue weighted by Crippen LogP contribution is -2.42. The van der Waals surface area contributed by atoms with Gasteiger partial charge in [0, 0.05) is 18.0 Å². The van der Waals surface area contributed by atoms with Crippen molar-refractivity contribution in [2.45, 2.75) is 39.5 Å². The highest BCUT2D eigenvalue weighted by Crippen LogP contribution is 2.15. The van der Waals surface area contributed by atoms with Crippen molar-refractivity contribution in [3.63, 3.8) is 0 Å². The van der Waals surface area contributed by atoms with Gasteiger partial charge in [-0.15, -0.1) is 45.5 Å². The molecular formula is C21H28FIN6OS. The number of nitrogens with one attached hydrogen (secondary N) is 2. The van der Waals surface area contributed by atoms with Crippen LogP contribution in [-0.2, 0) is 20.1 Å². The maximum Gasteiger partial charge on any atom is 0.192 e. The number of thiophene rings is 1. The monoisotopic (exact) mass is 558 g/mol. The Bertz CT molecular complexity index is 963. The largest absolute Gasteiger partial charge is 0.489 e. The fourth-order valence-corrected chi connectivity index (χ4v) is 3.35. The lowest BCUT2D eigenvalue weighted by Gasteiger charge is -2.20. The van der Waals surface area contributed by atoms with E-state index in [0.29, 0.717) is 31.3 Å². The SMILES string of the molecule is CCC(CNC(=NCc1nnc(C)n1C)NCc1cccs1)Oc1cccc(F)c1.I. The molecule has 10 heteroatoms. The van der Waals surface area contributed by atoms with Gasteiger partial charge in [-0.25, -0.2) is 9.38 Å². The van der Waals surface area contributed by atoms with Crippen molar-refractivity contribution in [2.75, 3.05) is 6.54 Å². The Labute approximate surface area is 203 Å². The number of hydrogen-bond donors (Lipinski definition) is 2. The number of aryl methyl sites for hydroxylation is 1. The van der Waals surface area contributed by atoms with Crippen molar-refractivity contribution in [1.29, 1.82) is 0 Å². The molecule has 1 unspecified atom stereocenters. The fraction of sp³-hybridized carbons (Fsp3) is 0.381. The molecule has 7 nitrogen and oxygen atoms in total. The molecule has 0 saturated carbocycles. The Kier molecular flexibility index (Phi) is 10.2. The van der Waals surface area contributed by atoms with Gasteiger partial charge in [-0.2, -0.15) is 0 Å².